The standard InChI is InChI=1S/C20H26N2O2S/c1-3-23-18-11-10-17(14-19(18)24-4-2)15-22-20(25)21-13-12-16-8-6-5-7-9-16/h5-11,14H,3-4,12-13,15H2,1-2H3,(H2,21,22,25). The van der Waals surface area contributed by atoms with Crippen LogP contribution in [0.1, 0.15) is 25.0 Å². The van der Waals surface area contributed by atoms with E-state index in [0.717, 1.165) is 30.0 Å². The van der Waals surface area contributed by atoms with Gasteiger partial charge in [0.05, 0.1) is 13.2 Å². The summed E-state index contributed by atoms with van der Waals surface area (Å²) in [7, 11) is 0. The van der Waals surface area contributed by atoms with Gasteiger partial charge in [0.25, 0.3) is 0 Å². The van der Waals surface area contributed by atoms with Crippen LogP contribution in [0.25, 0.3) is 0 Å². The highest BCUT2D eigenvalue weighted by molar-refractivity contribution is 7.80. The number of rotatable bonds is 9. The van der Waals surface area contributed by atoms with Gasteiger partial charge in [-0.15, -0.1) is 0 Å². The summed E-state index contributed by atoms with van der Waals surface area (Å²) in [6.45, 7) is 6.60. The predicted molar refractivity (Wildman–Crippen MR) is 106 cm³/mol. The van der Waals surface area contributed by atoms with Gasteiger partial charge in [-0.3, -0.25) is 0 Å². The minimum atomic E-state index is 0.608. The molecular formula is C20H26N2O2S. The molecule has 0 aliphatic heterocycles. The zero-order valence-corrected chi connectivity index (χ0v) is 15.7. The van der Waals surface area contributed by atoms with Gasteiger partial charge in [-0.2, -0.15) is 0 Å². The van der Waals surface area contributed by atoms with E-state index in [2.05, 4.69) is 22.8 Å². The third-order valence-electron chi connectivity index (χ3n) is 3.60. The molecule has 0 atom stereocenters. The molecule has 2 aromatic carbocycles. The van der Waals surface area contributed by atoms with Crippen molar-refractivity contribution in [3.8, 4) is 11.5 Å². The molecular weight excluding hydrogens is 332 g/mol. The quantitative estimate of drug-likeness (QED) is 0.669. The lowest BCUT2D eigenvalue weighted by Crippen LogP contribution is -2.35. The Hall–Kier alpha value is -2.27. The van der Waals surface area contributed by atoms with E-state index in [0.29, 0.717) is 24.9 Å². The fraction of sp³-hybridized carbons (Fsp3) is 0.350. The second kappa shape index (κ2) is 10.6. The lowest BCUT2D eigenvalue weighted by atomic mass is 10.1. The molecule has 0 fully saturated rings. The van der Waals surface area contributed by atoms with Crippen LogP contribution in [0.4, 0.5) is 0 Å². The smallest absolute Gasteiger partial charge is 0.166 e. The molecule has 134 valence electrons. The molecule has 0 bridgehead atoms. The number of hydrogen-bond acceptors (Lipinski definition) is 3. The molecule has 0 saturated carbocycles. The van der Waals surface area contributed by atoms with Crippen molar-refractivity contribution >= 4 is 17.3 Å². The fourth-order valence-corrected chi connectivity index (χ4v) is 2.59. The monoisotopic (exact) mass is 358 g/mol. The third kappa shape index (κ3) is 6.63. The number of ether oxygens (including phenoxy) is 2. The summed E-state index contributed by atoms with van der Waals surface area (Å²) in [5.74, 6) is 1.54. The van der Waals surface area contributed by atoms with Crippen molar-refractivity contribution in [1.82, 2.24) is 10.6 Å². The Labute approximate surface area is 155 Å². The molecule has 0 aromatic heterocycles. The summed E-state index contributed by atoms with van der Waals surface area (Å²) >= 11 is 5.34. The van der Waals surface area contributed by atoms with Gasteiger partial charge in [-0.05, 0) is 55.7 Å². The average molecular weight is 359 g/mol. The Bertz CT molecular complexity index is 662. The van der Waals surface area contributed by atoms with Gasteiger partial charge in [-0.1, -0.05) is 36.4 Å². The highest BCUT2D eigenvalue weighted by Gasteiger charge is 2.06. The van der Waals surface area contributed by atoms with Crippen molar-refractivity contribution in [2.75, 3.05) is 19.8 Å². The molecule has 0 saturated heterocycles. The van der Waals surface area contributed by atoms with Gasteiger partial charge in [0.1, 0.15) is 0 Å². The topological polar surface area (TPSA) is 42.5 Å². The van der Waals surface area contributed by atoms with E-state index < -0.39 is 0 Å². The highest BCUT2D eigenvalue weighted by atomic mass is 32.1. The molecule has 0 aliphatic carbocycles. The Morgan fingerprint density at radius 3 is 2.32 bits per heavy atom. The molecule has 5 heteroatoms. The number of thiocarbonyl (C=S) groups is 1. The van der Waals surface area contributed by atoms with Crippen molar-refractivity contribution in [1.29, 1.82) is 0 Å². The largest absolute Gasteiger partial charge is 0.490 e. The van der Waals surface area contributed by atoms with Gasteiger partial charge in [-0.25, -0.2) is 0 Å². The summed E-state index contributed by atoms with van der Waals surface area (Å²) in [6, 6.07) is 16.3. The van der Waals surface area contributed by atoms with Crippen LogP contribution >= 0.6 is 12.2 Å². The van der Waals surface area contributed by atoms with Crippen molar-refractivity contribution < 1.29 is 9.47 Å². The van der Waals surface area contributed by atoms with E-state index in [4.69, 9.17) is 21.7 Å². The van der Waals surface area contributed by atoms with E-state index in [-0.39, 0.29) is 0 Å². The van der Waals surface area contributed by atoms with Gasteiger partial charge < -0.3 is 20.1 Å². The van der Waals surface area contributed by atoms with E-state index in [1.54, 1.807) is 0 Å². The SMILES string of the molecule is CCOc1ccc(CNC(=S)NCCc2ccccc2)cc1OCC. The Balaban J connectivity index is 1.79. The number of nitrogens with one attached hydrogen (secondary N) is 2. The van der Waals surface area contributed by atoms with Crippen LogP contribution in [0.3, 0.4) is 0 Å². The molecule has 0 radical (unpaired) electrons. The van der Waals surface area contributed by atoms with Crippen LogP contribution in [-0.4, -0.2) is 24.9 Å². The number of benzene rings is 2. The third-order valence-corrected chi connectivity index (χ3v) is 3.89. The molecule has 0 unspecified atom stereocenters. The summed E-state index contributed by atoms with van der Waals surface area (Å²) in [5.41, 5.74) is 2.39. The molecule has 0 aliphatic rings. The average Bonchev–Trinajstić information content (AvgIpc) is 2.63. The molecule has 0 spiro atoms. The molecule has 0 heterocycles. The van der Waals surface area contributed by atoms with Gasteiger partial charge in [0.2, 0.25) is 0 Å². The summed E-state index contributed by atoms with van der Waals surface area (Å²) in [5, 5.41) is 7.12. The Kier molecular flexibility index (Phi) is 8.05. The van der Waals surface area contributed by atoms with Gasteiger partial charge in [0, 0.05) is 13.1 Å². The van der Waals surface area contributed by atoms with Crippen molar-refractivity contribution in [3.05, 3.63) is 59.7 Å². The van der Waals surface area contributed by atoms with E-state index >= 15 is 0 Å². The highest BCUT2D eigenvalue weighted by Crippen LogP contribution is 2.28. The first-order valence-corrected chi connectivity index (χ1v) is 9.08. The second-order valence-electron chi connectivity index (χ2n) is 5.49. The van der Waals surface area contributed by atoms with Crippen LogP contribution < -0.4 is 20.1 Å². The molecule has 25 heavy (non-hydrogen) atoms. The second-order valence-corrected chi connectivity index (χ2v) is 5.90. The first-order valence-electron chi connectivity index (χ1n) is 8.67. The summed E-state index contributed by atoms with van der Waals surface area (Å²) in [6.07, 6.45) is 0.945. The van der Waals surface area contributed by atoms with Crippen LogP contribution in [0, 0.1) is 0 Å². The molecule has 0 amide bonds. The molecule has 2 N–H and O–H groups in total. The Morgan fingerprint density at radius 1 is 0.880 bits per heavy atom. The fourth-order valence-electron chi connectivity index (χ4n) is 2.42. The molecule has 4 nitrogen and oxygen atoms in total. The van der Waals surface area contributed by atoms with Crippen LogP contribution in [0.5, 0.6) is 11.5 Å². The summed E-state index contributed by atoms with van der Waals surface area (Å²) < 4.78 is 11.2. The van der Waals surface area contributed by atoms with E-state index in [1.165, 1.54) is 5.56 Å². The minimum Gasteiger partial charge on any atom is -0.490 e. The maximum atomic E-state index is 5.65. The summed E-state index contributed by atoms with van der Waals surface area (Å²) in [4.78, 5) is 0. The first kappa shape index (κ1) is 19.1. The lowest BCUT2D eigenvalue weighted by Gasteiger charge is -2.14. The lowest BCUT2D eigenvalue weighted by molar-refractivity contribution is 0.287. The zero-order chi connectivity index (χ0) is 17.9. The van der Waals surface area contributed by atoms with Crippen LogP contribution in [0.15, 0.2) is 48.5 Å². The van der Waals surface area contributed by atoms with Crippen LogP contribution in [0.2, 0.25) is 0 Å². The first-order chi connectivity index (χ1) is 12.2. The van der Waals surface area contributed by atoms with Gasteiger partial charge >= 0.3 is 0 Å². The number of hydrogen-bond donors (Lipinski definition) is 2. The van der Waals surface area contributed by atoms with Crippen molar-refractivity contribution in [3.63, 3.8) is 0 Å². The maximum Gasteiger partial charge on any atom is 0.166 e. The normalized spacial score (nSPS) is 10.2. The van der Waals surface area contributed by atoms with E-state index in [9.17, 15) is 0 Å². The molecule has 2 aromatic rings. The zero-order valence-electron chi connectivity index (χ0n) is 14.9. The minimum absolute atomic E-state index is 0.608. The van der Waals surface area contributed by atoms with Gasteiger partial charge in [0.15, 0.2) is 16.6 Å². The van der Waals surface area contributed by atoms with Crippen molar-refractivity contribution in [2.24, 2.45) is 0 Å². The Morgan fingerprint density at radius 2 is 1.60 bits per heavy atom. The van der Waals surface area contributed by atoms with E-state index in [1.807, 2.05) is 50.2 Å². The predicted octanol–water partition coefficient (Wildman–Crippen LogP) is 3.69. The molecule has 2 rings (SSSR count). The van der Waals surface area contributed by atoms with Crippen LogP contribution in [-0.2, 0) is 13.0 Å². The van der Waals surface area contributed by atoms with Crippen molar-refractivity contribution in [2.45, 2.75) is 26.8 Å². The maximum absolute atomic E-state index is 5.65.